The van der Waals surface area contributed by atoms with Crippen LogP contribution in [0.4, 0.5) is 10.2 Å². The zero-order valence-corrected chi connectivity index (χ0v) is 15.1. The predicted molar refractivity (Wildman–Crippen MR) is 101 cm³/mol. The lowest BCUT2D eigenvalue weighted by Crippen LogP contribution is -2.50. The van der Waals surface area contributed by atoms with E-state index in [1.807, 2.05) is 30.3 Å². The van der Waals surface area contributed by atoms with E-state index in [9.17, 15) is 14.0 Å². The first-order valence-corrected chi connectivity index (χ1v) is 8.64. The van der Waals surface area contributed by atoms with Crippen molar-refractivity contribution in [2.75, 3.05) is 5.73 Å². The SMILES string of the molecule is CC(NC(=O)C(N)CCc1ccccc1)C(=O)NCc1cnc(N)c(F)c1. The molecule has 0 aliphatic carbocycles. The zero-order chi connectivity index (χ0) is 19.8. The molecule has 1 heterocycles. The predicted octanol–water partition coefficient (Wildman–Crippen LogP) is 0.884. The Bertz CT molecular complexity index is 785. The first kappa shape index (κ1) is 20.3. The highest BCUT2D eigenvalue weighted by atomic mass is 19.1. The molecule has 2 atom stereocenters. The third kappa shape index (κ3) is 6.34. The van der Waals surface area contributed by atoms with Gasteiger partial charge in [-0.05, 0) is 37.0 Å². The minimum Gasteiger partial charge on any atom is -0.381 e. The molecule has 0 saturated carbocycles. The summed E-state index contributed by atoms with van der Waals surface area (Å²) < 4.78 is 13.3. The molecule has 2 unspecified atom stereocenters. The van der Waals surface area contributed by atoms with Crippen molar-refractivity contribution in [3.05, 3.63) is 59.5 Å². The maximum Gasteiger partial charge on any atom is 0.242 e. The number of hydrogen-bond donors (Lipinski definition) is 4. The van der Waals surface area contributed by atoms with Gasteiger partial charge in [0.1, 0.15) is 6.04 Å². The summed E-state index contributed by atoms with van der Waals surface area (Å²) in [6.07, 6.45) is 2.52. The number of nitrogens with one attached hydrogen (secondary N) is 2. The summed E-state index contributed by atoms with van der Waals surface area (Å²) in [7, 11) is 0. The Hall–Kier alpha value is -3.00. The molecule has 7 nitrogen and oxygen atoms in total. The van der Waals surface area contributed by atoms with Crippen LogP contribution in [0.15, 0.2) is 42.6 Å². The molecule has 2 amide bonds. The quantitative estimate of drug-likeness (QED) is 0.547. The zero-order valence-electron chi connectivity index (χ0n) is 15.1. The third-order valence-electron chi connectivity index (χ3n) is 4.07. The van der Waals surface area contributed by atoms with Crippen LogP contribution in [0.3, 0.4) is 0 Å². The van der Waals surface area contributed by atoms with Crippen LogP contribution < -0.4 is 22.1 Å². The number of rotatable bonds is 8. The molecule has 1 aromatic carbocycles. The van der Waals surface area contributed by atoms with Gasteiger partial charge in [0.05, 0.1) is 6.04 Å². The van der Waals surface area contributed by atoms with Gasteiger partial charge in [-0.25, -0.2) is 9.37 Å². The highest BCUT2D eigenvalue weighted by molar-refractivity contribution is 5.89. The number of hydrogen-bond acceptors (Lipinski definition) is 5. The first-order valence-electron chi connectivity index (χ1n) is 8.64. The van der Waals surface area contributed by atoms with E-state index < -0.39 is 29.7 Å². The van der Waals surface area contributed by atoms with E-state index in [1.54, 1.807) is 6.92 Å². The summed E-state index contributed by atoms with van der Waals surface area (Å²) in [5.74, 6) is -1.65. The lowest BCUT2D eigenvalue weighted by atomic mass is 10.1. The number of nitrogen functional groups attached to an aromatic ring is 1. The van der Waals surface area contributed by atoms with Crippen molar-refractivity contribution in [3.8, 4) is 0 Å². The van der Waals surface area contributed by atoms with Gasteiger partial charge in [0.2, 0.25) is 11.8 Å². The molecule has 0 aliphatic rings. The number of nitrogens with zero attached hydrogens (tertiary/aromatic N) is 1. The normalized spacial score (nSPS) is 12.9. The number of carbonyl (C=O) groups is 2. The number of amides is 2. The number of anilines is 1. The van der Waals surface area contributed by atoms with Crippen LogP contribution in [0, 0.1) is 5.82 Å². The van der Waals surface area contributed by atoms with Crippen molar-refractivity contribution in [3.63, 3.8) is 0 Å². The van der Waals surface area contributed by atoms with Gasteiger partial charge < -0.3 is 22.1 Å². The van der Waals surface area contributed by atoms with Crippen LogP contribution in [-0.4, -0.2) is 28.9 Å². The largest absolute Gasteiger partial charge is 0.381 e. The summed E-state index contributed by atoms with van der Waals surface area (Å²) in [5, 5.41) is 5.19. The number of carbonyl (C=O) groups excluding carboxylic acids is 2. The van der Waals surface area contributed by atoms with Crippen molar-refractivity contribution >= 4 is 17.6 Å². The van der Waals surface area contributed by atoms with E-state index >= 15 is 0 Å². The summed E-state index contributed by atoms with van der Waals surface area (Å²) >= 11 is 0. The fourth-order valence-electron chi connectivity index (χ4n) is 2.41. The van der Waals surface area contributed by atoms with Gasteiger partial charge in [-0.3, -0.25) is 9.59 Å². The van der Waals surface area contributed by atoms with Gasteiger partial charge in [0.15, 0.2) is 11.6 Å². The summed E-state index contributed by atoms with van der Waals surface area (Å²) in [6.45, 7) is 1.63. The molecule has 0 saturated heterocycles. The first-order chi connectivity index (χ1) is 12.9. The molecule has 0 radical (unpaired) electrons. The monoisotopic (exact) mass is 373 g/mol. The smallest absolute Gasteiger partial charge is 0.242 e. The van der Waals surface area contributed by atoms with Crippen molar-refractivity contribution in [2.24, 2.45) is 5.73 Å². The molecular weight excluding hydrogens is 349 g/mol. The van der Waals surface area contributed by atoms with E-state index in [0.29, 0.717) is 18.4 Å². The Morgan fingerprint density at radius 2 is 1.89 bits per heavy atom. The Morgan fingerprint density at radius 3 is 2.56 bits per heavy atom. The average Bonchev–Trinajstić information content (AvgIpc) is 2.67. The number of halogens is 1. The van der Waals surface area contributed by atoms with Crippen molar-refractivity contribution < 1.29 is 14.0 Å². The van der Waals surface area contributed by atoms with Crippen molar-refractivity contribution in [2.45, 2.75) is 38.4 Å². The molecule has 27 heavy (non-hydrogen) atoms. The minimum absolute atomic E-state index is 0.0727. The molecule has 0 spiro atoms. The lowest BCUT2D eigenvalue weighted by molar-refractivity contribution is -0.129. The molecule has 2 rings (SSSR count). The number of nitrogens with two attached hydrogens (primary N) is 2. The molecule has 144 valence electrons. The maximum absolute atomic E-state index is 13.3. The second kappa shape index (κ2) is 9.63. The van der Waals surface area contributed by atoms with Crippen LogP contribution in [0.5, 0.6) is 0 Å². The molecule has 2 aromatic rings. The maximum atomic E-state index is 13.3. The molecule has 1 aromatic heterocycles. The van der Waals surface area contributed by atoms with Gasteiger partial charge in [-0.2, -0.15) is 0 Å². The Kier molecular flexibility index (Phi) is 7.25. The summed E-state index contributed by atoms with van der Waals surface area (Å²) in [4.78, 5) is 27.9. The van der Waals surface area contributed by atoms with E-state index in [4.69, 9.17) is 11.5 Å². The molecular formula is C19H24FN5O2. The molecule has 6 N–H and O–H groups in total. The number of aromatic nitrogens is 1. The Morgan fingerprint density at radius 1 is 1.19 bits per heavy atom. The summed E-state index contributed by atoms with van der Waals surface area (Å²) in [6, 6.07) is 9.43. The van der Waals surface area contributed by atoms with E-state index in [1.165, 1.54) is 12.3 Å². The second-order valence-corrected chi connectivity index (χ2v) is 6.29. The number of aryl methyl sites for hydroxylation is 1. The van der Waals surface area contributed by atoms with Crippen molar-refractivity contribution in [1.82, 2.24) is 15.6 Å². The minimum atomic E-state index is -0.771. The molecule has 0 fully saturated rings. The van der Waals surface area contributed by atoms with Gasteiger partial charge in [0.25, 0.3) is 0 Å². The van der Waals surface area contributed by atoms with Gasteiger partial charge in [-0.15, -0.1) is 0 Å². The average molecular weight is 373 g/mol. The molecule has 0 aliphatic heterocycles. The van der Waals surface area contributed by atoms with Gasteiger partial charge in [0, 0.05) is 12.7 Å². The van der Waals surface area contributed by atoms with Gasteiger partial charge >= 0.3 is 0 Å². The second-order valence-electron chi connectivity index (χ2n) is 6.29. The van der Waals surface area contributed by atoms with E-state index in [0.717, 1.165) is 5.56 Å². The highest BCUT2D eigenvalue weighted by Gasteiger charge is 2.20. The Labute approximate surface area is 157 Å². The van der Waals surface area contributed by atoms with Crippen LogP contribution >= 0.6 is 0 Å². The topological polar surface area (TPSA) is 123 Å². The Balaban J connectivity index is 1.76. The van der Waals surface area contributed by atoms with Crippen LogP contribution in [0.1, 0.15) is 24.5 Å². The summed E-state index contributed by atoms with van der Waals surface area (Å²) in [5.41, 5.74) is 12.8. The van der Waals surface area contributed by atoms with E-state index in [-0.39, 0.29) is 12.4 Å². The fourth-order valence-corrected chi connectivity index (χ4v) is 2.41. The number of pyridine rings is 1. The standard InChI is InChI=1S/C19H24FN5O2/c1-12(18(26)24-11-14-9-15(20)17(22)23-10-14)25-19(27)16(21)8-7-13-5-3-2-4-6-13/h2-6,9-10,12,16H,7-8,11,21H2,1H3,(H2,22,23)(H,24,26)(H,25,27). The fraction of sp³-hybridized carbons (Fsp3) is 0.316. The van der Waals surface area contributed by atoms with Crippen LogP contribution in [0.2, 0.25) is 0 Å². The van der Waals surface area contributed by atoms with Crippen LogP contribution in [0.25, 0.3) is 0 Å². The third-order valence-corrected chi connectivity index (χ3v) is 4.07. The number of benzene rings is 1. The van der Waals surface area contributed by atoms with Crippen LogP contribution in [-0.2, 0) is 22.6 Å². The van der Waals surface area contributed by atoms with Crippen molar-refractivity contribution in [1.29, 1.82) is 0 Å². The highest BCUT2D eigenvalue weighted by Crippen LogP contribution is 2.08. The molecule has 8 heteroatoms. The molecule has 0 bridgehead atoms. The lowest BCUT2D eigenvalue weighted by Gasteiger charge is -2.17. The van der Waals surface area contributed by atoms with E-state index in [2.05, 4.69) is 15.6 Å². The van der Waals surface area contributed by atoms with Gasteiger partial charge in [-0.1, -0.05) is 30.3 Å².